The smallest absolute Gasteiger partial charge is 0.228 e. The minimum Gasteiger partial charge on any atom is -0.508 e. The average Bonchev–Trinajstić information content (AvgIpc) is 2.32. The van der Waals surface area contributed by atoms with Gasteiger partial charge in [-0.1, -0.05) is 18.2 Å². The Bertz CT molecular complexity index is 552. The van der Waals surface area contributed by atoms with Crippen LogP contribution >= 0.6 is 22.6 Å². The van der Waals surface area contributed by atoms with Gasteiger partial charge in [-0.3, -0.25) is 4.79 Å². The van der Waals surface area contributed by atoms with Crippen molar-refractivity contribution >= 4 is 34.2 Å². The molecule has 3 nitrogen and oxygen atoms in total. The van der Waals surface area contributed by atoms with E-state index in [-0.39, 0.29) is 11.7 Å². The number of hydrogen-bond donors (Lipinski definition) is 2. The van der Waals surface area contributed by atoms with Crippen molar-refractivity contribution < 1.29 is 9.90 Å². The first-order valence-electron chi connectivity index (χ1n) is 5.47. The lowest BCUT2D eigenvalue weighted by molar-refractivity contribution is -0.115. The second kappa shape index (κ2) is 5.86. The number of amides is 1. The highest BCUT2D eigenvalue weighted by Gasteiger charge is 2.04. The number of rotatable bonds is 3. The van der Waals surface area contributed by atoms with Crippen molar-refractivity contribution in [2.45, 2.75) is 6.42 Å². The summed E-state index contributed by atoms with van der Waals surface area (Å²) < 4.78 is 1.08. The van der Waals surface area contributed by atoms with Crippen molar-refractivity contribution in [2.24, 2.45) is 0 Å². The third kappa shape index (κ3) is 3.73. The molecule has 2 aromatic carbocycles. The quantitative estimate of drug-likeness (QED) is 0.833. The molecule has 0 aromatic heterocycles. The Balaban J connectivity index is 1.98. The van der Waals surface area contributed by atoms with Crippen LogP contribution in [0.4, 0.5) is 5.69 Å². The second-order valence-electron chi connectivity index (χ2n) is 3.90. The van der Waals surface area contributed by atoms with Crippen LogP contribution in [0.3, 0.4) is 0 Å². The van der Waals surface area contributed by atoms with Crippen LogP contribution in [0.2, 0.25) is 0 Å². The molecule has 0 unspecified atom stereocenters. The van der Waals surface area contributed by atoms with E-state index in [2.05, 4.69) is 27.9 Å². The summed E-state index contributed by atoms with van der Waals surface area (Å²) in [6.45, 7) is 0. The monoisotopic (exact) mass is 353 g/mol. The maximum atomic E-state index is 11.8. The molecule has 2 N–H and O–H groups in total. The van der Waals surface area contributed by atoms with Gasteiger partial charge in [-0.2, -0.15) is 0 Å². The molecule has 0 bridgehead atoms. The molecule has 2 rings (SSSR count). The zero-order valence-corrected chi connectivity index (χ0v) is 11.7. The molecule has 0 aliphatic rings. The maximum absolute atomic E-state index is 11.8. The second-order valence-corrected chi connectivity index (χ2v) is 5.15. The molecule has 0 radical (unpaired) electrons. The van der Waals surface area contributed by atoms with Gasteiger partial charge in [-0.25, -0.2) is 0 Å². The lowest BCUT2D eigenvalue weighted by Crippen LogP contribution is -2.14. The highest BCUT2D eigenvalue weighted by atomic mass is 127. The van der Waals surface area contributed by atoms with Gasteiger partial charge in [0.2, 0.25) is 5.91 Å². The molecule has 4 heteroatoms. The lowest BCUT2D eigenvalue weighted by atomic mass is 10.1. The fourth-order valence-electron chi connectivity index (χ4n) is 1.57. The van der Waals surface area contributed by atoms with Crippen LogP contribution < -0.4 is 5.32 Å². The summed E-state index contributed by atoms with van der Waals surface area (Å²) in [6, 6.07) is 14.3. The van der Waals surface area contributed by atoms with Gasteiger partial charge in [0, 0.05) is 9.26 Å². The van der Waals surface area contributed by atoms with E-state index in [4.69, 9.17) is 5.11 Å². The topological polar surface area (TPSA) is 49.3 Å². The van der Waals surface area contributed by atoms with Crippen LogP contribution in [-0.4, -0.2) is 11.0 Å². The summed E-state index contributed by atoms with van der Waals surface area (Å²) in [5.74, 6) is 0.138. The molecule has 0 fully saturated rings. The largest absolute Gasteiger partial charge is 0.508 e. The Labute approximate surface area is 119 Å². The van der Waals surface area contributed by atoms with E-state index in [1.807, 2.05) is 24.3 Å². The number of nitrogens with one attached hydrogen (secondary N) is 1. The number of carbonyl (C=O) groups is 1. The van der Waals surface area contributed by atoms with E-state index >= 15 is 0 Å². The number of benzene rings is 2. The number of phenols is 1. The summed E-state index contributed by atoms with van der Waals surface area (Å²) in [5.41, 5.74) is 1.67. The van der Waals surface area contributed by atoms with Gasteiger partial charge in [-0.15, -0.1) is 0 Å². The highest BCUT2D eigenvalue weighted by Crippen LogP contribution is 2.14. The standard InChI is InChI=1S/C14H12INO2/c15-11-2-1-3-12(9-11)16-14(18)8-10-4-6-13(17)7-5-10/h1-7,9,17H,8H2,(H,16,18). The Kier molecular flexibility index (Phi) is 4.19. The molecule has 2 aromatic rings. The van der Waals surface area contributed by atoms with E-state index in [0.29, 0.717) is 6.42 Å². The fraction of sp³-hybridized carbons (Fsp3) is 0.0714. The first-order chi connectivity index (χ1) is 8.63. The Hall–Kier alpha value is -1.56. The average molecular weight is 353 g/mol. The summed E-state index contributed by atoms with van der Waals surface area (Å²) in [6.07, 6.45) is 0.297. The molecule has 0 saturated heterocycles. The van der Waals surface area contributed by atoms with Crippen molar-refractivity contribution in [3.63, 3.8) is 0 Å². The number of phenolic OH excluding ortho intramolecular Hbond substituents is 1. The summed E-state index contributed by atoms with van der Waals surface area (Å²) in [5, 5.41) is 12.0. The van der Waals surface area contributed by atoms with E-state index in [0.717, 1.165) is 14.8 Å². The fourth-order valence-corrected chi connectivity index (χ4v) is 2.11. The van der Waals surface area contributed by atoms with E-state index < -0.39 is 0 Å². The molecular weight excluding hydrogens is 341 g/mol. The van der Waals surface area contributed by atoms with E-state index in [9.17, 15) is 4.79 Å². The van der Waals surface area contributed by atoms with Gasteiger partial charge < -0.3 is 10.4 Å². The molecule has 0 saturated carbocycles. The minimum atomic E-state index is -0.0670. The Morgan fingerprint density at radius 1 is 1.17 bits per heavy atom. The zero-order chi connectivity index (χ0) is 13.0. The predicted molar refractivity (Wildman–Crippen MR) is 79.6 cm³/mol. The zero-order valence-electron chi connectivity index (χ0n) is 9.56. The van der Waals surface area contributed by atoms with Gasteiger partial charge in [0.15, 0.2) is 0 Å². The third-order valence-corrected chi connectivity index (χ3v) is 3.08. The first kappa shape index (κ1) is 12.9. The van der Waals surface area contributed by atoms with Crippen LogP contribution in [0.25, 0.3) is 0 Å². The molecule has 0 heterocycles. The molecule has 0 atom stereocenters. The molecule has 18 heavy (non-hydrogen) atoms. The van der Waals surface area contributed by atoms with Gasteiger partial charge in [0.05, 0.1) is 6.42 Å². The van der Waals surface area contributed by atoms with Crippen LogP contribution in [0.15, 0.2) is 48.5 Å². The molecule has 92 valence electrons. The summed E-state index contributed by atoms with van der Waals surface area (Å²) in [4.78, 5) is 11.8. The maximum Gasteiger partial charge on any atom is 0.228 e. The summed E-state index contributed by atoms with van der Waals surface area (Å²) in [7, 11) is 0. The van der Waals surface area contributed by atoms with Crippen LogP contribution in [0.1, 0.15) is 5.56 Å². The minimum absolute atomic E-state index is 0.0670. The molecule has 0 aliphatic carbocycles. The predicted octanol–water partition coefficient (Wildman–Crippen LogP) is 3.18. The number of halogens is 1. The van der Waals surface area contributed by atoms with Crippen molar-refractivity contribution in [1.82, 2.24) is 0 Å². The van der Waals surface area contributed by atoms with Crippen molar-refractivity contribution in [3.8, 4) is 5.75 Å². The van der Waals surface area contributed by atoms with Gasteiger partial charge >= 0.3 is 0 Å². The van der Waals surface area contributed by atoms with Crippen molar-refractivity contribution in [1.29, 1.82) is 0 Å². The molecule has 1 amide bonds. The third-order valence-electron chi connectivity index (χ3n) is 2.41. The number of anilines is 1. The number of carbonyl (C=O) groups excluding carboxylic acids is 1. The Morgan fingerprint density at radius 3 is 2.56 bits per heavy atom. The van der Waals surface area contributed by atoms with E-state index in [1.165, 1.54) is 0 Å². The summed E-state index contributed by atoms with van der Waals surface area (Å²) >= 11 is 2.20. The molecular formula is C14H12INO2. The normalized spacial score (nSPS) is 10.1. The van der Waals surface area contributed by atoms with Crippen LogP contribution in [-0.2, 0) is 11.2 Å². The van der Waals surface area contributed by atoms with Crippen molar-refractivity contribution in [3.05, 3.63) is 57.7 Å². The van der Waals surface area contributed by atoms with E-state index in [1.54, 1.807) is 24.3 Å². The van der Waals surface area contributed by atoms with Crippen LogP contribution in [0.5, 0.6) is 5.75 Å². The number of hydrogen-bond acceptors (Lipinski definition) is 2. The highest BCUT2D eigenvalue weighted by molar-refractivity contribution is 14.1. The van der Waals surface area contributed by atoms with Gasteiger partial charge in [-0.05, 0) is 58.5 Å². The lowest BCUT2D eigenvalue weighted by Gasteiger charge is -2.05. The molecule has 0 aliphatic heterocycles. The number of aromatic hydroxyl groups is 1. The van der Waals surface area contributed by atoms with Crippen molar-refractivity contribution in [2.75, 3.05) is 5.32 Å². The van der Waals surface area contributed by atoms with Crippen LogP contribution in [0, 0.1) is 3.57 Å². The Morgan fingerprint density at radius 2 is 1.89 bits per heavy atom. The SMILES string of the molecule is O=C(Cc1ccc(O)cc1)Nc1cccc(I)c1. The van der Waals surface area contributed by atoms with Gasteiger partial charge in [0.25, 0.3) is 0 Å². The first-order valence-corrected chi connectivity index (χ1v) is 6.55. The van der Waals surface area contributed by atoms with Gasteiger partial charge in [0.1, 0.15) is 5.75 Å². The molecule has 0 spiro atoms.